The molecule has 5 heteroatoms. The third kappa shape index (κ3) is 2.32. The van der Waals surface area contributed by atoms with E-state index in [1.54, 1.807) is 19.4 Å². The summed E-state index contributed by atoms with van der Waals surface area (Å²) in [6.07, 6.45) is 3.96. The fourth-order valence-corrected chi connectivity index (χ4v) is 2.13. The van der Waals surface area contributed by atoms with Gasteiger partial charge in [-0.05, 0) is 18.9 Å². The van der Waals surface area contributed by atoms with Crippen molar-refractivity contribution in [1.82, 2.24) is 4.98 Å². The second kappa shape index (κ2) is 5.02. The fraction of sp³-hybridized carbons (Fsp3) is 0.500. The van der Waals surface area contributed by atoms with Crippen LogP contribution >= 0.6 is 0 Å². The Bertz CT molecular complexity index is 441. The molecule has 0 aliphatic carbocycles. The Labute approximate surface area is 101 Å². The number of hydrogen-bond acceptors (Lipinski definition) is 5. The van der Waals surface area contributed by atoms with Gasteiger partial charge in [0.2, 0.25) is 0 Å². The summed E-state index contributed by atoms with van der Waals surface area (Å²) < 4.78 is 5.36. The van der Waals surface area contributed by atoms with Crippen LogP contribution in [-0.4, -0.2) is 31.3 Å². The first-order chi connectivity index (χ1) is 8.26. The third-order valence-electron chi connectivity index (χ3n) is 3.10. The maximum absolute atomic E-state index is 8.94. The number of hydrogen-bond donors (Lipinski definition) is 1. The molecule has 1 aliphatic heterocycles. The van der Waals surface area contributed by atoms with Crippen molar-refractivity contribution < 1.29 is 4.74 Å². The normalized spacial score (nSPS) is 20.0. The zero-order valence-corrected chi connectivity index (χ0v) is 9.89. The summed E-state index contributed by atoms with van der Waals surface area (Å²) in [4.78, 5) is 6.36. The molecule has 1 unspecified atom stereocenters. The van der Waals surface area contributed by atoms with Crippen LogP contribution in [0.1, 0.15) is 18.4 Å². The van der Waals surface area contributed by atoms with Crippen molar-refractivity contribution in [2.45, 2.75) is 18.9 Å². The number of pyridine rings is 1. The number of nitrogen functional groups attached to an aromatic ring is 1. The quantitative estimate of drug-likeness (QED) is 0.827. The van der Waals surface area contributed by atoms with Gasteiger partial charge in [-0.1, -0.05) is 0 Å². The molecule has 90 valence electrons. The lowest BCUT2D eigenvalue weighted by Gasteiger charge is -2.33. The molecule has 1 atom stereocenters. The highest BCUT2D eigenvalue weighted by molar-refractivity contribution is 5.70. The zero-order chi connectivity index (χ0) is 12.3. The van der Waals surface area contributed by atoms with Crippen molar-refractivity contribution >= 4 is 11.5 Å². The number of ether oxygens (including phenoxy) is 1. The number of aromatic nitrogens is 1. The summed E-state index contributed by atoms with van der Waals surface area (Å²) in [6.45, 7) is 1.69. The average Bonchev–Trinajstić information content (AvgIpc) is 2.39. The summed E-state index contributed by atoms with van der Waals surface area (Å²) in [7, 11) is 1.72. The Kier molecular flexibility index (Phi) is 3.45. The van der Waals surface area contributed by atoms with Gasteiger partial charge in [-0.15, -0.1) is 0 Å². The molecule has 1 aromatic heterocycles. The molecule has 1 saturated heterocycles. The summed E-state index contributed by atoms with van der Waals surface area (Å²) in [5, 5.41) is 8.94. The van der Waals surface area contributed by atoms with Crippen molar-refractivity contribution in [1.29, 1.82) is 5.26 Å². The van der Waals surface area contributed by atoms with E-state index >= 15 is 0 Å². The van der Waals surface area contributed by atoms with Crippen LogP contribution in [0.3, 0.4) is 0 Å². The van der Waals surface area contributed by atoms with Gasteiger partial charge in [-0.25, -0.2) is 4.98 Å². The van der Waals surface area contributed by atoms with Gasteiger partial charge in [0.15, 0.2) is 5.82 Å². The molecular formula is C12H16N4O. The number of anilines is 2. The Balaban J connectivity index is 2.25. The van der Waals surface area contributed by atoms with Gasteiger partial charge < -0.3 is 15.4 Å². The smallest absolute Gasteiger partial charge is 0.153 e. The van der Waals surface area contributed by atoms with Gasteiger partial charge in [-0.2, -0.15) is 5.26 Å². The Hall–Kier alpha value is -1.80. The molecule has 1 aliphatic rings. The molecule has 5 nitrogen and oxygen atoms in total. The summed E-state index contributed by atoms with van der Waals surface area (Å²) >= 11 is 0. The van der Waals surface area contributed by atoms with E-state index < -0.39 is 0 Å². The van der Waals surface area contributed by atoms with Crippen LogP contribution in [0.4, 0.5) is 11.5 Å². The number of nitriles is 1. The molecule has 0 bridgehead atoms. The van der Waals surface area contributed by atoms with E-state index in [-0.39, 0.29) is 6.10 Å². The Morgan fingerprint density at radius 2 is 2.47 bits per heavy atom. The molecule has 0 radical (unpaired) electrons. The zero-order valence-electron chi connectivity index (χ0n) is 9.89. The highest BCUT2D eigenvalue weighted by Crippen LogP contribution is 2.26. The second-order valence-corrected chi connectivity index (χ2v) is 4.15. The highest BCUT2D eigenvalue weighted by atomic mass is 16.5. The summed E-state index contributed by atoms with van der Waals surface area (Å²) in [5.41, 5.74) is 6.89. The third-order valence-corrected chi connectivity index (χ3v) is 3.10. The average molecular weight is 232 g/mol. The lowest BCUT2D eigenvalue weighted by Crippen LogP contribution is -2.40. The molecular weight excluding hydrogens is 216 g/mol. The van der Waals surface area contributed by atoms with Crippen molar-refractivity contribution in [2.75, 3.05) is 30.8 Å². The number of piperidine rings is 1. The molecule has 0 amide bonds. The van der Waals surface area contributed by atoms with E-state index in [0.29, 0.717) is 17.1 Å². The van der Waals surface area contributed by atoms with Crippen LogP contribution < -0.4 is 10.6 Å². The first-order valence-corrected chi connectivity index (χ1v) is 5.68. The Morgan fingerprint density at radius 1 is 1.65 bits per heavy atom. The molecule has 2 N–H and O–H groups in total. The number of rotatable bonds is 2. The van der Waals surface area contributed by atoms with Crippen LogP contribution in [-0.2, 0) is 4.74 Å². The standard InChI is InChI=1S/C12H16N4O/c1-17-10-3-2-6-16(8-10)12-11(14)9(7-13)4-5-15-12/h4-5,10H,2-3,6,8,14H2,1H3. The fourth-order valence-electron chi connectivity index (χ4n) is 2.13. The molecule has 0 aromatic carbocycles. The topological polar surface area (TPSA) is 75.2 Å². The number of nitrogens with two attached hydrogens (primary N) is 1. The van der Waals surface area contributed by atoms with Gasteiger partial charge in [0, 0.05) is 26.4 Å². The van der Waals surface area contributed by atoms with Gasteiger partial charge in [0.1, 0.15) is 6.07 Å². The molecule has 0 spiro atoms. The lowest BCUT2D eigenvalue weighted by atomic mass is 10.1. The number of nitrogens with zero attached hydrogens (tertiary/aromatic N) is 3. The SMILES string of the molecule is COC1CCCN(c2nccc(C#N)c2N)C1. The molecule has 2 rings (SSSR count). The van der Waals surface area contributed by atoms with Crippen LogP contribution in [0.5, 0.6) is 0 Å². The number of methoxy groups -OCH3 is 1. The van der Waals surface area contributed by atoms with Gasteiger partial charge in [0.05, 0.1) is 17.4 Å². The summed E-state index contributed by atoms with van der Waals surface area (Å²) in [6, 6.07) is 3.71. The lowest BCUT2D eigenvalue weighted by molar-refractivity contribution is 0.0892. The van der Waals surface area contributed by atoms with E-state index in [4.69, 9.17) is 15.7 Å². The molecule has 17 heavy (non-hydrogen) atoms. The van der Waals surface area contributed by atoms with Crippen LogP contribution in [0, 0.1) is 11.3 Å². The second-order valence-electron chi connectivity index (χ2n) is 4.15. The maximum Gasteiger partial charge on any atom is 0.153 e. The van der Waals surface area contributed by atoms with Gasteiger partial charge in [-0.3, -0.25) is 0 Å². The summed E-state index contributed by atoms with van der Waals surface area (Å²) in [5.74, 6) is 0.700. The van der Waals surface area contributed by atoms with Crippen LogP contribution in [0.25, 0.3) is 0 Å². The van der Waals surface area contributed by atoms with E-state index in [0.717, 1.165) is 25.9 Å². The Morgan fingerprint density at radius 3 is 3.18 bits per heavy atom. The van der Waals surface area contributed by atoms with Crippen molar-refractivity contribution in [2.24, 2.45) is 0 Å². The highest BCUT2D eigenvalue weighted by Gasteiger charge is 2.22. The predicted molar refractivity (Wildman–Crippen MR) is 65.6 cm³/mol. The minimum atomic E-state index is 0.218. The van der Waals surface area contributed by atoms with Crippen molar-refractivity contribution in [3.8, 4) is 6.07 Å². The maximum atomic E-state index is 8.94. The van der Waals surface area contributed by atoms with E-state index in [1.807, 2.05) is 0 Å². The minimum absolute atomic E-state index is 0.218. The van der Waals surface area contributed by atoms with E-state index in [1.165, 1.54) is 0 Å². The van der Waals surface area contributed by atoms with Gasteiger partial charge >= 0.3 is 0 Å². The van der Waals surface area contributed by atoms with Crippen LogP contribution in [0.15, 0.2) is 12.3 Å². The molecule has 0 saturated carbocycles. The largest absolute Gasteiger partial charge is 0.395 e. The molecule has 1 aromatic rings. The molecule has 1 fully saturated rings. The van der Waals surface area contributed by atoms with E-state index in [9.17, 15) is 0 Å². The van der Waals surface area contributed by atoms with Crippen LogP contribution in [0.2, 0.25) is 0 Å². The van der Waals surface area contributed by atoms with Crippen molar-refractivity contribution in [3.63, 3.8) is 0 Å². The molecule has 2 heterocycles. The first kappa shape index (κ1) is 11.7. The van der Waals surface area contributed by atoms with E-state index in [2.05, 4.69) is 16.0 Å². The minimum Gasteiger partial charge on any atom is -0.395 e. The van der Waals surface area contributed by atoms with Crippen molar-refractivity contribution in [3.05, 3.63) is 17.8 Å². The predicted octanol–water partition coefficient (Wildman–Crippen LogP) is 1.15. The first-order valence-electron chi connectivity index (χ1n) is 5.68. The van der Waals surface area contributed by atoms with Gasteiger partial charge in [0.25, 0.3) is 0 Å². The monoisotopic (exact) mass is 232 g/mol.